The molecule has 2 fully saturated rings. The summed E-state index contributed by atoms with van der Waals surface area (Å²) >= 11 is 0. The highest BCUT2D eigenvalue weighted by atomic mass is 16.5. The molecule has 3 atom stereocenters. The van der Waals surface area contributed by atoms with Crippen molar-refractivity contribution in [1.82, 2.24) is 10.2 Å². The van der Waals surface area contributed by atoms with Crippen LogP contribution in [0.1, 0.15) is 57.4 Å². The summed E-state index contributed by atoms with van der Waals surface area (Å²) in [6, 6.07) is 7.70. The van der Waals surface area contributed by atoms with Gasteiger partial charge in [0, 0.05) is 6.04 Å². The van der Waals surface area contributed by atoms with Gasteiger partial charge in [-0.05, 0) is 48.8 Å². The number of nitrogens with one attached hydrogen (secondary N) is 1. The molecule has 154 valence electrons. The fourth-order valence-corrected chi connectivity index (χ4v) is 4.55. The van der Waals surface area contributed by atoms with Crippen LogP contribution in [-0.2, 0) is 9.59 Å². The number of likely N-dealkylation sites (tertiary alicyclic amines) is 1. The van der Waals surface area contributed by atoms with Crippen LogP contribution in [0.2, 0.25) is 0 Å². The van der Waals surface area contributed by atoms with E-state index in [2.05, 4.69) is 31.3 Å². The van der Waals surface area contributed by atoms with Crippen LogP contribution in [0.5, 0.6) is 5.75 Å². The highest BCUT2D eigenvalue weighted by Gasteiger charge is 2.45. The maximum Gasteiger partial charge on any atom is 0.320 e. The third-order valence-electron chi connectivity index (χ3n) is 6.07. The molecule has 2 aliphatic rings. The number of carboxylic acid groups (broad SMARTS) is 1. The van der Waals surface area contributed by atoms with Gasteiger partial charge in [-0.25, -0.2) is 0 Å². The molecule has 1 aliphatic carbocycles. The van der Waals surface area contributed by atoms with Crippen LogP contribution < -0.4 is 10.1 Å². The lowest BCUT2D eigenvalue weighted by Crippen LogP contribution is -2.48. The van der Waals surface area contributed by atoms with Gasteiger partial charge < -0.3 is 15.2 Å². The predicted molar refractivity (Wildman–Crippen MR) is 108 cm³/mol. The molecule has 3 rings (SSSR count). The molecule has 3 unspecified atom stereocenters. The van der Waals surface area contributed by atoms with E-state index in [-0.39, 0.29) is 18.5 Å². The van der Waals surface area contributed by atoms with Crippen LogP contribution >= 0.6 is 0 Å². The molecule has 0 bridgehead atoms. The Morgan fingerprint density at radius 1 is 1.21 bits per heavy atom. The minimum Gasteiger partial charge on any atom is -0.492 e. The summed E-state index contributed by atoms with van der Waals surface area (Å²) < 4.78 is 5.68. The quantitative estimate of drug-likeness (QED) is 0.669. The molecule has 1 amide bonds. The van der Waals surface area contributed by atoms with Gasteiger partial charge in [-0.3, -0.25) is 14.5 Å². The van der Waals surface area contributed by atoms with Crippen molar-refractivity contribution >= 4 is 11.9 Å². The van der Waals surface area contributed by atoms with Crippen molar-refractivity contribution in [2.75, 3.05) is 19.7 Å². The van der Waals surface area contributed by atoms with Gasteiger partial charge >= 0.3 is 5.97 Å². The average Bonchev–Trinajstić information content (AvgIpc) is 3.04. The molecule has 0 radical (unpaired) electrons. The second-order valence-corrected chi connectivity index (χ2v) is 8.30. The van der Waals surface area contributed by atoms with Crippen LogP contribution in [0.25, 0.3) is 0 Å². The van der Waals surface area contributed by atoms with Crippen LogP contribution in [0, 0.1) is 5.92 Å². The summed E-state index contributed by atoms with van der Waals surface area (Å²) in [5.41, 5.74) is 1.26. The monoisotopic (exact) mass is 388 g/mol. The Balaban J connectivity index is 1.43. The van der Waals surface area contributed by atoms with E-state index in [4.69, 9.17) is 4.74 Å². The third-order valence-corrected chi connectivity index (χ3v) is 6.07. The van der Waals surface area contributed by atoms with E-state index >= 15 is 0 Å². The number of ether oxygens (including phenoxy) is 1. The van der Waals surface area contributed by atoms with Crippen molar-refractivity contribution in [3.05, 3.63) is 29.8 Å². The van der Waals surface area contributed by atoms with Crippen molar-refractivity contribution in [3.8, 4) is 5.75 Å². The van der Waals surface area contributed by atoms with E-state index in [1.165, 1.54) is 12.0 Å². The molecular weight excluding hydrogens is 356 g/mol. The first-order valence-corrected chi connectivity index (χ1v) is 10.4. The molecule has 6 nitrogen and oxygen atoms in total. The number of amides is 1. The minimum atomic E-state index is -0.810. The maximum atomic E-state index is 12.4. The van der Waals surface area contributed by atoms with Gasteiger partial charge in [0.1, 0.15) is 18.4 Å². The molecule has 6 heteroatoms. The summed E-state index contributed by atoms with van der Waals surface area (Å²) in [4.78, 5) is 25.9. The topological polar surface area (TPSA) is 78.9 Å². The lowest BCUT2D eigenvalue weighted by Gasteiger charge is -2.32. The largest absolute Gasteiger partial charge is 0.492 e. The maximum absolute atomic E-state index is 12.4. The first-order chi connectivity index (χ1) is 13.5. The summed E-state index contributed by atoms with van der Waals surface area (Å²) in [6.45, 7) is 5.25. The smallest absolute Gasteiger partial charge is 0.320 e. The van der Waals surface area contributed by atoms with Crippen LogP contribution in [0.3, 0.4) is 0 Å². The zero-order valence-corrected chi connectivity index (χ0v) is 16.9. The molecule has 1 aromatic carbocycles. The van der Waals surface area contributed by atoms with Gasteiger partial charge in [0.2, 0.25) is 5.91 Å². The molecule has 28 heavy (non-hydrogen) atoms. The highest BCUT2D eigenvalue weighted by Crippen LogP contribution is 2.39. The number of carboxylic acids is 1. The van der Waals surface area contributed by atoms with Crippen LogP contribution in [0.15, 0.2) is 24.3 Å². The number of hydrogen-bond acceptors (Lipinski definition) is 4. The van der Waals surface area contributed by atoms with Gasteiger partial charge in [-0.2, -0.15) is 0 Å². The molecule has 1 aromatic rings. The third kappa shape index (κ3) is 5.04. The Hall–Kier alpha value is -2.08. The predicted octanol–water partition coefficient (Wildman–Crippen LogP) is 3.02. The minimum absolute atomic E-state index is 0.128. The summed E-state index contributed by atoms with van der Waals surface area (Å²) in [6.07, 6.45) is 5.04. The van der Waals surface area contributed by atoms with Crippen molar-refractivity contribution in [3.63, 3.8) is 0 Å². The summed E-state index contributed by atoms with van der Waals surface area (Å²) in [5.74, 6) is 0.748. The highest BCUT2D eigenvalue weighted by molar-refractivity contribution is 5.80. The normalized spacial score (nSPS) is 24.8. The SMILES string of the molecule is CC(C)c1ccc(OCCNC(=O)CN2C(C(=O)O)CC3CCCCC32)cc1. The molecule has 0 aromatic heterocycles. The lowest BCUT2D eigenvalue weighted by atomic mass is 9.85. The number of rotatable bonds is 8. The van der Waals surface area contributed by atoms with E-state index in [9.17, 15) is 14.7 Å². The van der Waals surface area contributed by atoms with Crippen molar-refractivity contribution in [2.24, 2.45) is 5.92 Å². The zero-order chi connectivity index (χ0) is 20.1. The molecule has 1 heterocycles. The van der Waals surface area contributed by atoms with E-state index in [0.29, 0.717) is 31.4 Å². The second-order valence-electron chi connectivity index (χ2n) is 8.30. The van der Waals surface area contributed by atoms with E-state index in [0.717, 1.165) is 25.0 Å². The number of hydrogen-bond donors (Lipinski definition) is 2. The zero-order valence-electron chi connectivity index (χ0n) is 16.9. The van der Waals surface area contributed by atoms with Crippen molar-refractivity contribution in [2.45, 2.75) is 64.0 Å². The molecule has 1 saturated carbocycles. The average molecular weight is 389 g/mol. The standard InChI is InChI=1S/C22H32N2O4/c1-15(2)16-7-9-18(10-8-16)28-12-11-23-21(25)14-24-19-6-4-3-5-17(19)13-20(24)22(26)27/h7-10,15,17,19-20H,3-6,11-14H2,1-2H3,(H,23,25)(H,26,27). The Labute approximate surface area is 167 Å². The number of aliphatic carboxylic acids is 1. The Bertz CT molecular complexity index is 674. The van der Waals surface area contributed by atoms with Crippen molar-refractivity contribution < 1.29 is 19.4 Å². The van der Waals surface area contributed by atoms with Gasteiger partial charge in [-0.15, -0.1) is 0 Å². The molecule has 2 N–H and O–H groups in total. The fourth-order valence-electron chi connectivity index (χ4n) is 4.55. The van der Waals surface area contributed by atoms with Gasteiger partial charge in [0.05, 0.1) is 13.1 Å². The first kappa shape index (κ1) is 20.6. The van der Waals surface area contributed by atoms with Crippen LogP contribution in [0.4, 0.5) is 0 Å². The summed E-state index contributed by atoms with van der Waals surface area (Å²) in [7, 11) is 0. The number of carbonyl (C=O) groups is 2. The number of benzene rings is 1. The van der Waals surface area contributed by atoms with Crippen molar-refractivity contribution in [1.29, 1.82) is 0 Å². The first-order valence-electron chi connectivity index (χ1n) is 10.4. The van der Waals surface area contributed by atoms with E-state index < -0.39 is 12.0 Å². The Morgan fingerprint density at radius 2 is 1.93 bits per heavy atom. The van der Waals surface area contributed by atoms with Gasteiger partial charge in [0.15, 0.2) is 0 Å². The lowest BCUT2D eigenvalue weighted by molar-refractivity contribution is -0.143. The number of nitrogens with zero attached hydrogens (tertiary/aromatic N) is 1. The molecular formula is C22H32N2O4. The Morgan fingerprint density at radius 3 is 2.61 bits per heavy atom. The van der Waals surface area contributed by atoms with Gasteiger partial charge in [0.25, 0.3) is 0 Å². The second kappa shape index (κ2) is 9.41. The van der Waals surface area contributed by atoms with Gasteiger partial charge in [-0.1, -0.05) is 38.8 Å². The summed E-state index contributed by atoms with van der Waals surface area (Å²) in [5, 5.41) is 12.4. The number of fused-ring (bicyclic) bond motifs is 1. The van der Waals surface area contributed by atoms with E-state index in [1.807, 2.05) is 17.0 Å². The molecule has 0 spiro atoms. The molecule has 1 aliphatic heterocycles. The fraction of sp³-hybridized carbons (Fsp3) is 0.636. The van der Waals surface area contributed by atoms with E-state index in [1.54, 1.807) is 0 Å². The molecule has 1 saturated heterocycles. The number of carbonyl (C=O) groups excluding carboxylic acids is 1. The Kier molecular flexibility index (Phi) is 6.94. The van der Waals surface area contributed by atoms with Crippen LogP contribution in [-0.4, -0.2) is 53.7 Å².